The zero-order valence-electron chi connectivity index (χ0n) is 20.1. The topological polar surface area (TPSA) is 87.6 Å². The molecule has 0 saturated carbocycles. The highest BCUT2D eigenvalue weighted by Gasteiger charge is 2.41. The van der Waals surface area contributed by atoms with Crippen molar-refractivity contribution < 1.29 is 19.4 Å². The maximum Gasteiger partial charge on any atom is 0.137 e. The van der Waals surface area contributed by atoms with Crippen LogP contribution in [0, 0.1) is 23.0 Å². The molecule has 31 heavy (non-hydrogen) atoms. The van der Waals surface area contributed by atoms with Crippen LogP contribution < -0.4 is 0 Å². The van der Waals surface area contributed by atoms with E-state index in [1.807, 2.05) is 0 Å². The first-order chi connectivity index (χ1) is 16.6. The van der Waals surface area contributed by atoms with Crippen LogP contribution in [-0.2, 0) is 12.1 Å². The molecule has 0 aliphatic carbocycles. The van der Waals surface area contributed by atoms with Crippen molar-refractivity contribution in [3.8, 4) is 17.3 Å². The lowest BCUT2D eigenvalue weighted by Gasteiger charge is -2.33. The summed E-state index contributed by atoms with van der Waals surface area (Å²) < 4.78 is 62.2. The van der Waals surface area contributed by atoms with E-state index in [0.717, 1.165) is 23.5 Å². The molecular weight excluding hydrogens is 420 g/mol. The normalized spacial score (nSPS) is 15.8. The Bertz CT molecular complexity index is 1430. The highest BCUT2D eigenvalue weighted by atomic mass is 32.1. The van der Waals surface area contributed by atoms with Crippen molar-refractivity contribution >= 4 is 11.3 Å². The predicted molar refractivity (Wildman–Crippen MR) is 111 cm³/mol. The summed E-state index contributed by atoms with van der Waals surface area (Å²) in [5.74, 6) is -2.64. The Balaban J connectivity index is 1.82. The Morgan fingerprint density at radius 2 is 2.10 bits per heavy atom. The third kappa shape index (κ3) is 4.08. The first-order valence-corrected chi connectivity index (χ1v) is 9.93. The number of rotatable bonds is 6. The molecule has 0 unspecified atom stereocenters. The number of nitriles is 1. The van der Waals surface area contributed by atoms with Crippen LogP contribution >= 0.6 is 11.3 Å². The van der Waals surface area contributed by atoms with Gasteiger partial charge in [-0.15, -0.1) is 11.3 Å². The quantitative estimate of drug-likeness (QED) is 0.484. The molecule has 2 heterocycles. The minimum Gasteiger partial charge on any atom is -0.382 e. The van der Waals surface area contributed by atoms with Gasteiger partial charge < -0.3 is 5.11 Å². The van der Waals surface area contributed by atoms with Gasteiger partial charge in [0.1, 0.15) is 29.9 Å². The van der Waals surface area contributed by atoms with E-state index in [9.17, 15) is 13.9 Å². The summed E-state index contributed by atoms with van der Waals surface area (Å²) >= 11 is 1.07. The van der Waals surface area contributed by atoms with E-state index < -0.39 is 47.3 Å². The molecule has 0 amide bonds. The number of thiazole rings is 1. The number of aliphatic hydroxyl groups is 1. The van der Waals surface area contributed by atoms with E-state index in [1.165, 1.54) is 22.7 Å². The van der Waals surface area contributed by atoms with Gasteiger partial charge in [-0.05, 0) is 18.2 Å². The molecule has 0 fully saturated rings. The van der Waals surface area contributed by atoms with Crippen molar-refractivity contribution in [1.82, 2.24) is 19.7 Å². The summed E-state index contributed by atoms with van der Waals surface area (Å²) in [7, 11) is 0. The average Bonchev–Trinajstić information content (AvgIpc) is 3.50. The predicted octanol–water partition coefficient (Wildman–Crippen LogP) is 4.24. The second kappa shape index (κ2) is 8.34. The molecule has 0 saturated heterocycles. The molecule has 0 aliphatic heterocycles. The van der Waals surface area contributed by atoms with Crippen LogP contribution in [0.2, 0.25) is 0 Å². The third-order valence-electron chi connectivity index (χ3n) is 4.87. The molecule has 4 aromatic rings. The lowest BCUT2D eigenvalue weighted by molar-refractivity contribution is -0.0112. The molecule has 2 atom stereocenters. The van der Waals surface area contributed by atoms with Gasteiger partial charge in [-0.2, -0.15) is 10.4 Å². The molecule has 0 bridgehead atoms. The molecule has 1 N–H and O–H groups in total. The van der Waals surface area contributed by atoms with E-state index in [4.69, 9.17) is 10.7 Å². The molecule has 6 nitrogen and oxygen atoms in total. The summed E-state index contributed by atoms with van der Waals surface area (Å²) in [6.07, 6.45) is 2.59. The molecule has 9 heteroatoms. The van der Waals surface area contributed by atoms with Crippen LogP contribution in [0.25, 0.3) is 11.3 Å². The minimum atomic E-state index is -1.94. The highest BCUT2D eigenvalue weighted by Crippen LogP contribution is 2.41. The van der Waals surface area contributed by atoms with E-state index in [1.54, 1.807) is 13.0 Å². The summed E-state index contributed by atoms with van der Waals surface area (Å²) in [5.41, 5.74) is -2.48. The second-order valence-corrected chi connectivity index (χ2v) is 7.69. The highest BCUT2D eigenvalue weighted by molar-refractivity contribution is 7.10. The van der Waals surface area contributed by atoms with Gasteiger partial charge in [-0.1, -0.05) is 25.1 Å². The Kier molecular flexibility index (Phi) is 4.37. The van der Waals surface area contributed by atoms with Gasteiger partial charge in [0.05, 0.1) is 34.4 Å². The average molecular weight is 441 g/mol. The maximum atomic E-state index is 14.8. The fraction of sp³-hybridized carbons (Fsp3) is 0.182. The van der Waals surface area contributed by atoms with Crippen LogP contribution in [0.3, 0.4) is 0 Å². The number of aromatic nitrogens is 4. The number of benzene rings is 2. The molecule has 0 aliphatic rings. The van der Waals surface area contributed by atoms with Crippen molar-refractivity contribution in [2.45, 2.75) is 25.0 Å². The number of hydrogen-bond acceptors (Lipinski definition) is 6. The van der Waals surface area contributed by atoms with Crippen LogP contribution in [0.1, 0.15) is 34.5 Å². The SMILES string of the molecule is [2H]c1c([2H])c(-c2csc([C@@H](C)[C@@](O)(Cn3cncn3)c3ccc(F)cc3F)n2)c([2H])c([2H])c1C#N. The summed E-state index contributed by atoms with van der Waals surface area (Å²) in [6, 6.07) is 2.71. The fourth-order valence-electron chi connectivity index (χ4n) is 3.16. The van der Waals surface area contributed by atoms with Gasteiger partial charge in [0.15, 0.2) is 0 Å². The lowest BCUT2D eigenvalue weighted by atomic mass is 9.82. The number of hydrogen-bond donors (Lipinski definition) is 1. The van der Waals surface area contributed by atoms with Crippen LogP contribution in [0.4, 0.5) is 8.78 Å². The van der Waals surface area contributed by atoms with Gasteiger partial charge in [0, 0.05) is 28.5 Å². The Labute approximate surface area is 186 Å². The van der Waals surface area contributed by atoms with E-state index >= 15 is 0 Å². The van der Waals surface area contributed by atoms with Crippen LogP contribution in [0.15, 0.2) is 60.4 Å². The summed E-state index contributed by atoms with van der Waals surface area (Å²) in [5, 5.41) is 26.7. The second-order valence-electron chi connectivity index (χ2n) is 6.80. The lowest BCUT2D eigenvalue weighted by Crippen LogP contribution is -2.38. The van der Waals surface area contributed by atoms with Gasteiger partial charge >= 0.3 is 0 Å². The monoisotopic (exact) mass is 441 g/mol. The van der Waals surface area contributed by atoms with E-state index in [2.05, 4.69) is 15.1 Å². The van der Waals surface area contributed by atoms with Crippen molar-refractivity contribution in [1.29, 1.82) is 5.26 Å². The van der Waals surface area contributed by atoms with Crippen molar-refractivity contribution in [2.24, 2.45) is 0 Å². The fourth-order valence-corrected chi connectivity index (χ4v) is 4.11. The summed E-state index contributed by atoms with van der Waals surface area (Å²) in [6.45, 7) is 1.36. The van der Waals surface area contributed by atoms with Crippen molar-refractivity contribution in [2.75, 3.05) is 0 Å². The van der Waals surface area contributed by atoms with Crippen LogP contribution in [-0.4, -0.2) is 24.9 Å². The first-order valence-electron chi connectivity index (χ1n) is 11.0. The Hall–Kier alpha value is -3.48. The molecule has 0 radical (unpaired) electrons. The van der Waals surface area contributed by atoms with Gasteiger partial charge in [0.25, 0.3) is 0 Å². The molecule has 2 aromatic heterocycles. The van der Waals surface area contributed by atoms with Crippen molar-refractivity contribution in [3.05, 3.63) is 88.2 Å². The van der Waals surface area contributed by atoms with Gasteiger partial charge in [0.2, 0.25) is 0 Å². The van der Waals surface area contributed by atoms with Crippen LogP contribution in [0.5, 0.6) is 0 Å². The Morgan fingerprint density at radius 1 is 1.32 bits per heavy atom. The maximum absolute atomic E-state index is 14.8. The molecule has 4 rings (SSSR count). The molecular formula is C22H17F2N5OS. The zero-order chi connectivity index (χ0) is 25.5. The zero-order valence-corrected chi connectivity index (χ0v) is 16.9. The van der Waals surface area contributed by atoms with E-state index in [0.29, 0.717) is 11.1 Å². The first kappa shape index (κ1) is 16.2. The minimum absolute atomic E-state index is 0.0959. The van der Waals surface area contributed by atoms with E-state index in [-0.39, 0.29) is 28.9 Å². The smallest absolute Gasteiger partial charge is 0.137 e. The van der Waals surface area contributed by atoms with Gasteiger partial charge in [-0.3, -0.25) is 0 Å². The molecule has 156 valence electrons. The Morgan fingerprint density at radius 3 is 2.74 bits per heavy atom. The summed E-state index contributed by atoms with van der Waals surface area (Å²) in [4.78, 5) is 8.27. The van der Waals surface area contributed by atoms with Gasteiger partial charge in [-0.25, -0.2) is 23.4 Å². The number of nitrogens with zero attached hydrogens (tertiary/aromatic N) is 5. The van der Waals surface area contributed by atoms with Crippen molar-refractivity contribution in [3.63, 3.8) is 0 Å². The number of halogens is 2. The third-order valence-corrected chi connectivity index (χ3v) is 5.90. The molecule has 0 spiro atoms. The standard InChI is InChI=1S/C22H17F2N5OS/c1-14(21-28-20(10-31-21)16-4-2-15(9-25)3-5-16)22(30,11-29-13-26-12-27-29)18-7-6-17(23)8-19(18)24/h2-8,10,12-14,30H,11H2,1H3/t14-,22+/m1/s1/i2D,3D,4D,5D. The molecule has 2 aromatic carbocycles. The largest absolute Gasteiger partial charge is 0.382 e.